The molecule has 1 aromatic rings. The fraction of sp³-hybridized carbons (Fsp3) is 0.273. The summed E-state index contributed by atoms with van der Waals surface area (Å²) >= 11 is 0. The number of nitro benzene ring substituents is 1. The van der Waals surface area contributed by atoms with E-state index in [1.54, 1.807) is 19.1 Å². The maximum absolute atomic E-state index is 10.4. The Balaban J connectivity index is 2.48. The van der Waals surface area contributed by atoms with Crippen molar-refractivity contribution in [3.63, 3.8) is 0 Å². The molecule has 78 valence electrons. The minimum atomic E-state index is -0.438. The average Bonchev–Trinajstić information content (AvgIpc) is 2.25. The molecule has 0 aliphatic carbocycles. The second-order valence-electron chi connectivity index (χ2n) is 2.78. The van der Waals surface area contributed by atoms with Gasteiger partial charge in [0.1, 0.15) is 5.75 Å². The Hall–Kier alpha value is -2.02. The van der Waals surface area contributed by atoms with Crippen LogP contribution < -0.4 is 4.74 Å². The molecule has 4 nitrogen and oxygen atoms in total. The number of nitrogens with zero attached hydrogens (tertiary/aromatic N) is 1. The first kappa shape index (κ1) is 11.1. The second-order valence-corrected chi connectivity index (χ2v) is 2.78. The van der Waals surface area contributed by atoms with Gasteiger partial charge in [-0.05, 0) is 19.1 Å². The van der Waals surface area contributed by atoms with Crippen molar-refractivity contribution in [1.82, 2.24) is 0 Å². The van der Waals surface area contributed by atoms with Crippen LogP contribution in [0.5, 0.6) is 5.75 Å². The summed E-state index contributed by atoms with van der Waals surface area (Å²) in [4.78, 5) is 9.92. The molecule has 0 atom stereocenters. The highest BCUT2D eigenvalue weighted by Crippen LogP contribution is 2.17. The van der Waals surface area contributed by atoms with E-state index in [0.29, 0.717) is 18.8 Å². The first-order chi connectivity index (χ1) is 7.24. The molecule has 0 aliphatic rings. The molecule has 0 saturated heterocycles. The number of hydrogen-bond donors (Lipinski definition) is 0. The number of non-ortho nitro benzene ring substituents is 1. The van der Waals surface area contributed by atoms with E-state index in [1.807, 2.05) is 0 Å². The molecule has 0 N–H and O–H groups in total. The van der Waals surface area contributed by atoms with Crippen LogP contribution in [0.2, 0.25) is 0 Å². The summed E-state index contributed by atoms with van der Waals surface area (Å²) in [7, 11) is 0. The van der Waals surface area contributed by atoms with Crippen molar-refractivity contribution in [3.8, 4) is 17.6 Å². The third kappa shape index (κ3) is 3.69. The van der Waals surface area contributed by atoms with Gasteiger partial charge in [-0.1, -0.05) is 0 Å². The van der Waals surface area contributed by atoms with Crippen LogP contribution in [0.4, 0.5) is 5.69 Å². The van der Waals surface area contributed by atoms with E-state index in [1.165, 1.54) is 12.1 Å². The molecule has 0 amide bonds. The van der Waals surface area contributed by atoms with E-state index >= 15 is 0 Å². The molecular weight excluding hydrogens is 194 g/mol. The van der Waals surface area contributed by atoms with Gasteiger partial charge in [0.05, 0.1) is 11.5 Å². The summed E-state index contributed by atoms with van der Waals surface area (Å²) in [5, 5.41) is 10.4. The predicted molar refractivity (Wildman–Crippen MR) is 56.7 cm³/mol. The lowest BCUT2D eigenvalue weighted by Crippen LogP contribution is -1.96. The van der Waals surface area contributed by atoms with Crippen molar-refractivity contribution in [2.45, 2.75) is 13.3 Å². The minimum absolute atomic E-state index is 0.0655. The first-order valence-corrected chi connectivity index (χ1v) is 4.51. The minimum Gasteiger partial charge on any atom is -0.493 e. The SMILES string of the molecule is CC#CCCOc1ccc([N+](=O)[O-])cc1. The number of ether oxygens (including phenoxy) is 1. The van der Waals surface area contributed by atoms with Gasteiger partial charge in [-0.2, -0.15) is 0 Å². The number of nitro groups is 1. The van der Waals surface area contributed by atoms with Crippen molar-refractivity contribution in [3.05, 3.63) is 34.4 Å². The summed E-state index contributed by atoms with van der Waals surface area (Å²) in [6, 6.07) is 6.00. The number of benzene rings is 1. The first-order valence-electron chi connectivity index (χ1n) is 4.51. The normalized spacial score (nSPS) is 8.87. The van der Waals surface area contributed by atoms with Gasteiger partial charge >= 0.3 is 0 Å². The Morgan fingerprint density at radius 1 is 1.40 bits per heavy atom. The molecule has 1 aromatic carbocycles. The van der Waals surface area contributed by atoms with Crippen LogP contribution in [0.3, 0.4) is 0 Å². The van der Waals surface area contributed by atoms with Gasteiger partial charge in [0.25, 0.3) is 5.69 Å². The van der Waals surface area contributed by atoms with Crippen molar-refractivity contribution in [2.24, 2.45) is 0 Å². The van der Waals surface area contributed by atoms with Crippen LogP contribution in [0.1, 0.15) is 13.3 Å². The summed E-state index contributed by atoms with van der Waals surface area (Å²) in [5.41, 5.74) is 0.0655. The molecule has 0 heterocycles. The highest BCUT2D eigenvalue weighted by molar-refractivity contribution is 5.35. The molecule has 0 spiro atoms. The summed E-state index contributed by atoms with van der Waals surface area (Å²) < 4.78 is 5.32. The standard InChI is InChI=1S/C11H11NO3/c1-2-3-4-9-15-11-7-5-10(6-8-11)12(13)14/h5-8H,4,9H2,1H3. The topological polar surface area (TPSA) is 52.4 Å². The van der Waals surface area contributed by atoms with E-state index < -0.39 is 4.92 Å². The van der Waals surface area contributed by atoms with Crippen molar-refractivity contribution >= 4 is 5.69 Å². The van der Waals surface area contributed by atoms with E-state index in [2.05, 4.69) is 11.8 Å². The van der Waals surface area contributed by atoms with Crippen molar-refractivity contribution in [1.29, 1.82) is 0 Å². The third-order valence-electron chi connectivity index (χ3n) is 1.72. The van der Waals surface area contributed by atoms with Crippen molar-refractivity contribution in [2.75, 3.05) is 6.61 Å². The maximum atomic E-state index is 10.4. The van der Waals surface area contributed by atoms with E-state index in [0.717, 1.165) is 0 Å². The van der Waals surface area contributed by atoms with Crippen LogP contribution in [-0.2, 0) is 0 Å². The smallest absolute Gasteiger partial charge is 0.269 e. The molecule has 0 aliphatic heterocycles. The Morgan fingerprint density at radius 3 is 2.60 bits per heavy atom. The van der Waals surface area contributed by atoms with Gasteiger partial charge in [0, 0.05) is 18.6 Å². The zero-order valence-corrected chi connectivity index (χ0v) is 8.40. The average molecular weight is 205 g/mol. The van der Waals surface area contributed by atoms with Crippen LogP contribution >= 0.6 is 0 Å². The molecule has 0 fully saturated rings. The van der Waals surface area contributed by atoms with E-state index in [-0.39, 0.29) is 5.69 Å². The predicted octanol–water partition coefficient (Wildman–Crippen LogP) is 2.39. The highest BCUT2D eigenvalue weighted by atomic mass is 16.6. The van der Waals surface area contributed by atoms with Crippen LogP contribution in [0.15, 0.2) is 24.3 Å². The third-order valence-corrected chi connectivity index (χ3v) is 1.72. The molecule has 0 saturated carbocycles. The van der Waals surface area contributed by atoms with Crippen LogP contribution in [-0.4, -0.2) is 11.5 Å². The monoisotopic (exact) mass is 205 g/mol. The Labute approximate surface area is 88.0 Å². The molecule has 0 unspecified atom stereocenters. The number of rotatable bonds is 4. The van der Waals surface area contributed by atoms with Gasteiger partial charge in [0.15, 0.2) is 0 Å². The highest BCUT2D eigenvalue weighted by Gasteiger charge is 2.03. The summed E-state index contributed by atoms with van der Waals surface area (Å²) in [6.45, 7) is 2.27. The molecule has 4 heteroatoms. The fourth-order valence-corrected chi connectivity index (χ4v) is 1.01. The zero-order valence-electron chi connectivity index (χ0n) is 8.40. The van der Waals surface area contributed by atoms with Gasteiger partial charge in [-0.25, -0.2) is 0 Å². The molecule has 15 heavy (non-hydrogen) atoms. The quantitative estimate of drug-likeness (QED) is 0.328. The van der Waals surface area contributed by atoms with Gasteiger partial charge in [-0.15, -0.1) is 11.8 Å². The lowest BCUT2D eigenvalue weighted by Gasteiger charge is -2.02. The number of hydrogen-bond acceptors (Lipinski definition) is 3. The largest absolute Gasteiger partial charge is 0.493 e. The lowest BCUT2D eigenvalue weighted by atomic mass is 10.3. The zero-order chi connectivity index (χ0) is 11.1. The maximum Gasteiger partial charge on any atom is 0.269 e. The summed E-state index contributed by atoms with van der Waals surface area (Å²) in [6.07, 6.45) is 0.660. The van der Waals surface area contributed by atoms with Crippen LogP contribution in [0.25, 0.3) is 0 Å². The van der Waals surface area contributed by atoms with E-state index in [4.69, 9.17) is 4.74 Å². The Kier molecular flexibility index (Phi) is 4.17. The molecule has 0 radical (unpaired) electrons. The van der Waals surface area contributed by atoms with E-state index in [9.17, 15) is 10.1 Å². The Bertz CT molecular complexity index is 387. The molecule has 0 aromatic heterocycles. The molecular formula is C11H11NO3. The summed E-state index contributed by atoms with van der Waals surface area (Å²) in [5.74, 6) is 6.25. The van der Waals surface area contributed by atoms with Gasteiger partial charge in [0.2, 0.25) is 0 Å². The lowest BCUT2D eigenvalue weighted by molar-refractivity contribution is -0.384. The molecule has 1 rings (SSSR count). The second kappa shape index (κ2) is 5.66. The Morgan fingerprint density at radius 2 is 2.07 bits per heavy atom. The van der Waals surface area contributed by atoms with Crippen LogP contribution in [0, 0.1) is 22.0 Å². The molecule has 0 bridgehead atoms. The van der Waals surface area contributed by atoms with Crippen molar-refractivity contribution < 1.29 is 9.66 Å². The van der Waals surface area contributed by atoms with Gasteiger partial charge < -0.3 is 4.74 Å². The van der Waals surface area contributed by atoms with Gasteiger partial charge in [-0.3, -0.25) is 10.1 Å². The fourth-order valence-electron chi connectivity index (χ4n) is 1.01.